The van der Waals surface area contributed by atoms with Crippen molar-refractivity contribution < 1.29 is 5.11 Å². The van der Waals surface area contributed by atoms with Crippen LogP contribution in [0.5, 0.6) is 0 Å². The summed E-state index contributed by atoms with van der Waals surface area (Å²) in [6, 6.07) is 0. The number of piperidine rings is 1. The molecule has 0 aromatic carbocycles. The van der Waals surface area contributed by atoms with Crippen molar-refractivity contribution in [2.45, 2.75) is 25.4 Å². The van der Waals surface area contributed by atoms with Crippen molar-refractivity contribution in [2.75, 3.05) is 19.6 Å². The van der Waals surface area contributed by atoms with E-state index in [1.54, 1.807) is 0 Å². The van der Waals surface area contributed by atoms with Crippen LogP contribution in [0, 0.1) is 0 Å². The molecule has 1 aromatic heterocycles. The first-order valence-corrected chi connectivity index (χ1v) is 5.62. The number of nitrogens with zero attached hydrogens (tertiary/aromatic N) is 3. The van der Waals surface area contributed by atoms with Crippen LogP contribution in [-0.2, 0) is 13.5 Å². The summed E-state index contributed by atoms with van der Waals surface area (Å²) >= 11 is 0. The van der Waals surface area contributed by atoms with Crippen molar-refractivity contribution in [3.63, 3.8) is 0 Å². The number of aliphatic hydroxyl groups excluding tert-OH is 1. The van der Waals surface area contributed by atoms with E-state index in [2.05, 4.69) is 14.5 Å². The largest absolute Gasteiger partial charge is 0.392 e. The summed E-state index contributed by atoms with van der Waals surface area (Å²) < 4.78 is 2.06. The normalized spacial score (nSPS) is 23.2. The fraction of sp³-hybridized carbons (Fsp3) is 0.727. The average Bonchev–Trinajstić information content (AvgIpc) is 2.61. The van der Waals surface area contributed by atoms with Crippen LogP contribution in [-0.4, -0.2) is 45.3 Å². The summed E-state index contributed by atoms with van der Waals surface area (Å²) in [7, 11) is 2.02. The Kier molecular flexibility index (Phi) is 3.38. The zero-order chi connectivity index (χ0) is 10.7. The molecule has 0 radical (unpaired) electrons. The minimum absolute atomic E-state index is 0.125. The number of β-amino-alcohol motifs (C(OH)–C–C–N with tert-alkyl or cyclic N) is 1. The van der Waals surface area contributed by atoms with Crippen molar-refractivity contribution in [3.8, 4) is 0 Å². The Labute approximate surface area is 90.5 Å². The number of rotatable bonds is 3. The molecule has 0 aliphatic carbocycles. The van der Waals surface area contributed by atoms with Crippen molar-refractivity contribution in [1.82, 2.24) is 14.5 Å². The molecule has 84 valence electrons. The molecule has 1 unspecified atom stereocenters. The van der Waals surface area contributed by atoms with E-state index in [0.717, 1.165) is 44.7 Å². The molecular formula is C11H19N3O. The fourth-order valence-electron chi connectivity index (χ4n) is 2.13. The first kappa shape index (κ1) is 10.6. The van der Waals surface area contributed by atoms with E-state index in [0.29, 0.717) is 0 Å². The molecular weight excluding hydrogens is 190 g/mol. The van der Waals surface area contributed by atoms with Gasteiger partial charge in [0.1, 0.15) is 5.82 Å². The summed E-state index contributed by atoms with van der Waals surface area (Å²) in [6.07, 6.45) is 6.72. The van der Waals surface area contributed by atoms with Crippen molar-refractivity contribution in [1.29, 1.82) is 0 Å². The molecule has 1 fully saturated rings. The monoisotopic (exact) mass is 209 g/mol. The second-order valence-electron chi connectivity index (χ2n) is 4.30. The van der Waals surface area contributed by atoms with E-state index in [1.165, 1.54) is 0 Å². The smallest absolute Gasteiger partial charge is 0.109 e. The lowest BCUT2D eigenvalue weighted by molar-refractivity contribution is 0.0710. The maximum Gasteiger partial charge on any atom is 0.109 e. The van der Waals surface area contributed by atoms with E-state index in [9.17, 15) is 5.11 Å². The molecule has 4 heteroatoms. The van der Waals surface area contributed by atoms with Crippen molar-refractivity contribution in [2.24, 2.45) is 7.05 Å². The number of aliphatic hydroxyl groups is 1. The third-order valence-corrected chi connectivity index (χ3v) is 3.05. The van der Waals surface area contributed by atoms with Gasteiger partial charge in [0.2, 0.25) is 0 Å². The molecule has 1 aliphatic heterocycles. The second kappa shape index (κ2) is 4.77. The molecule has 4 nitrogen and oxygen atoms in total. The van der Waals surface area contributed by atoms with Crippen LogP contribution < -0.4 is 0 Å². The van der Waals surface area contributed by atoms with Crippen LogP contribution in [0.4, 0.5) is 0 Å². The van der Waals surface area contributed by atoms with E-state index >= 15 is 0 Å². The molecule has 1 N–H and O–H groups in total. The van der Waals surface area contributed by atoms with Gasteiger partial charge in [-0.15, -0.1) is 0 Å². The summed E-state index contributed by atoms with van der Waals surface area (Å²) in [5, 5.41) is 9.53. The molecule has 2 rings (SSSR count). The number of hydrogen-bond donors (Lipinski definition) is 1. The quantitative estimate of drug-likeness (QED) is 0.784. The van der Waals surface area contributed by atoms with E-state index in [4.69, 9.17) is 0 Å². The Morgan fingerprint density at radius 1 is 1.60 bits per heavy atom. The van der Waals surface area contributed by atoms with Gasteiger partial charge in [-0.25, -0.2) is 4.98 Å². The Morgan fingerprint density at radius 3 is 3.13 bits per heavy atom. The van der Waals surface area contributed by atoms with Gasteiger partial charge in [0, 0.05) is 39.0 Å². The third-order valence-electron chi connectivity index (χ3n) is 3.05. The maximum absolute atomic E-state index is 9.53. The topological polar surface area (TPSA) is 41.3 Å². The van der Waals surface area contributed by atoms with Gasteiger partial charge in [-0.2, -0.15) is 0 Å². The van der Waals surface area contributed by atoms with Gasteiger partial charge in [0.15, 0.2) is 0 Å². The van der Waals surface area contributed by atoms with Crippen LogP contribution in [0.2, 0.25) is 0 Å². The zero-order valence-electron chi connectivity index (χ0n) is 9.26. The molecule has 1 aliphatic rings. The third kappa shape index (κ3) is 2.79. The van der Waals surface area contributed by atoms with Crippen LogP contribution in [0.25, 0.3) is 0 Å². The molecule has 0 bridgehead atoms. The van der Waals surface area contributed by atoms with Crippen LogP contribution in [0.15, 0.2) is 12.4 Å². The molecule has 2 heterocycles. The predicted octanol–water partition coefficient (Wildman–Crippen LogP) is 0.419. The SMILES string of the molecule is Cn1ccnc1CCN1CCCC(O)C1. The lowest BCUT2D eigenvalue weighted by Crippen LogP contribution is -2.39. The van der Waals surface area contributed by atoms with Crippen LogP contribution >= 0.6 is 0 Å². The van der Waals surface area contributed by atoms with E-state index < -0.39 is 0 Å². The van der Waals surface area contributed by atoms with Gasteiger partial charge in [-0.05, 0) is 19.4 Å². The summed E-state index contributed by atoms with van der Waals surface area (Å²) in [4.78, 5) is 6.62. The molecule has 1 saturated heterocycles. The van der Waals surface area contributed by atoms with Gasteiger partial charge in [-0.1, -0.05) is 0 Å². The van der Waals surface area contributed by atoms with Gasteiger partial charge >= 0.3 is 0 Å². The summed E-state index contributed by atoms with van der Waals surface area (Å²) in [5.41, 5.74) is 0. The zero-order valence-corrected chi connectivity index (χ0v) is 9.26. The molecule has 0 amide bonds. The van der Waals surface area contributed by atoms with Gasteiger partial charge in [-0.3, -0.25) is 0 Å². The van der Waals surface area contributed by atoms with E-state index in [1.807, 2.05) is 19.4 Å². The van der Waals surface area contributed by atoms with Gasteiger partial charge in [0.05, 0.1) is 6.10 Å². The highest BCUT2D eigenvalue weighted by molar-refractivity contribution is 4.92. The highest BCUT2D eigenvalue weighted by Gasteiger charge is 2.17. The van der Waals surface area contributed by atoms with Gasteiger partial charge < -0.3 is 14.6 Å². The highest BCUT2D eigenvalue weighted by atomic mass is 16.3. The minimum Gasteiger partial charge on any atom is -0.392 e. The summed E-state index contributed by atoms with van der Waals surface area (Å²) in [6.45, 7) is 2.94. The van der Waals surface area contributed by atoms with Crippen molar-refractivity contribution >= 4 is 0 Å². The Bertz CT molecular complexity index is 311. The first-order valence-electron chi connectivity index (χ1n) is 5.62. The Hall–Kier alpha value is -0.870. The number of aryl methyl sites for hydroxylation is 1. The molecule has 0 spiro atoms. The van der Waals surface area contributed by atoms with Crippen LogP contribution in [0.3, 0.4) is 0 Å². The molecule has 0 saturated carbocycles. The van der Waals surface area contributed by atoms with Crippen LogP contribution in [0.1, 0.15) is 18.7 Å². The van der Waals surface area contributed by atoms with Gasteiger partial charge in [0.25, 0.3) is 0 Å². The Balaban J connectivity index is 1.80. The second-order valence-corrected chi connectivity index (χ2v) is 4.30. The molecule has 1 aromatic rings. The lowest BCUT2D eigenvalue weighted by Gasteiger charge is -2.29. The Morgan fingerprint density at radius 2 is 2.47 bits per heavy atom. The minimum atomic E-state index is -0.125. The maximum atomic E-state index is 9.53. The number of hydrogen-bond acceptors (Lipinski definition) is 3. The number of imidazole rings is 1. The average molecular weight is 209 g/mol. The molecule has 15 heavy (non-hydrogen) atoms. The number of likely N-dealkylation sites (tertiary alicyclic amines) is 1. The number of aromatic nitrogens is 2. The highest BCUT2D eigenvalue weighted by Crippen LogP contribution is 2.10. The predicted molar refractivity (Wildman–Crippen MR) is 58.6 cm³/mol. The lowest BCUT2D eigenvalue weighted by atomic mass is 10.1. The fourth-order valence-corrected chi connectivity index (χ4v) is 2.13. The first-order chi connectivity index (χ1) is 7.25. The standard InChI is InChI=1S/C11H19N3O/c1-13-8-5-12-11(13)4-7-14-6-2-3-10(15)9-14/h5,8,10,15H,2-4,6-7,9H2,1H3. The van der Waals surface area contributed by atoms with Crippen molar-refractivity contribution in [3.05, 3.63) is 18.2 Å². The van der Waals surface area contributed by atoms with E-state index in [-0.39, 0.29) is 6.10 Å². The molecule has 1 atom stereocenters. The summed E-state index contributed by atoms with van der Waals surface area (Å²) in [5.74, 6) is 1.12.